The lowest BCUT2D eigenvalue weighted by Gasteiger charge is -2.09. The first-order valence-corrected chi connectivity index (χ1v) is 12.8. The molecule has 0 unspecified atom stereocenters. The van der Waals surface area contributed by atoms with Crippen molar-refractivity contribution in [2.75, 3.05) is 0 Å². The molecular weight excluding hydrogens is 464 g/mol. The van der Waals surface area contributed by atoms with Crippen LogP contribution in [0.4, 0.5) is 0 Å². The molecule has 0 spiro atoms. The summed E-state index contributed by atoms with van der Waals surface area (Å²) >= 11 is 0. The molecule has 7 rings (SSSR count). The van der Waals surface area contributed by atoms with Crippen molar-refractivity contribution in [3.63, 3.8) is 0 Å². The van der Waals surface area contributed by atoms with Crippen molar-refractivity contribution in [2.24, 2.45) is 7.05 Å². The van der Waals surface area contributed by atoms with E-state index in [4.69, 9.17) is 4.98 Å². The van der Waals surface area contributed by atoms with E-state index in [1.165, 1.54) is 11.1 Å². The Labute approximate surface area is 222 Å². The van der Waals surface area contributed by atoms with Gasteiger partial charge in [0.05, 0.1) is 22.1 Å². The van der Waals surface area contributed by atoms with E-state index in [0.29, 0.717) is 0 Å². The number of hydrogen-bond acceptors (Lipinski definition) is 2. The summed E-state index contributed by atoms with van der Waals surface area (Å²) in [6.07, 6.45) is 0. The van der Waals surface area contributed by atoms with E-state index in [9.17, 15) is 0 Å². The molecule has 4 nitrogen and oxygen atoms in total. The molecule has 38 heavy (non-hydrogen) atoms. The average molecular weight is 493 g/mol. The van der Waals surface area contributed by atoms with E-state index >= 15 is 0 Å². The van der Waals surface area contributed by atoms with Crippen molar-refractivity contribution < 1.29 is 0 Å². The molecule has 2 aromatic heterocycles. The van der Waals surface area contributed by atoms with Crippen LogP contribution in [0.25, 0.3) is 50.5 Å². The van der Waals surface area contributed by atoms with Gasteiger partial charge < -0.3 is 4.57 Å². The van der Waals surface area contributed by atoms with E-state index in [0.717, 1.165) is 45.0 Å². The van der Waals surface area contributed by atoms with Gasteiger partial charge in [-0.1, -0.05) is 103 Å². The Hall–Kier alpha value is -4.96. The monoisotopic (exact) mass is 492 g/mol. The highest BCUT2D eigenvalue weighted by molar-refractivity contribution is 5.85. The van der Waals surface area contributed by atoms with E-state index in [1.54, 1.807) is 0 Å². The topological polar surface area (TPSA) is 35.6 Å². The van der Waals surface area contributed by atoms with Gasteiger partial charge in [0.15, 0.2) is 0 Å². The van der Waals surface area contributed by atoms with Gasteiger partial charge in [-0.3, -0.25) is 4.57 Å². The maximum Gasteiger partial charge on any atom is 0.145 e. The fourth-order valence-corrected chi connectivity index (χ4v) is 4.85. The molecule has 0 aliphatic rings. The Morgan fingerprint density at radius 3 is 1.71 bits per heavy atom. The summed E-state index contributed by atoms with van der Waals surface area (Å²) in [5, 5.41) is 0. The molecule has 5 aromatic carbocycles. The largest absolute Gasteiger partial charge is 0.327 e. The molecule has 0 fully saturated rings. The smallest absolute Gasteiger partial charge is 0.145 e. The maximum absolute atomic E-state index is 4.92. The Kier molecular flexibility index (Phi) is 6.29. The number of rotatable bonds is 3. The third kappa shape index (κ3) is 4.37. The quantitative estimate of drug-likeness (QED) is 0.249. The molecule has 184 valence electrons. The molecule has 0 saturated carbocycles. The van der Waals surface area contributed by atoms with Crippen molar-refractivity contribution in [3.8, 4) is 28.5 Å². The highest BCUT2D eigenvalue weighted by Gasteiger charge is 2.15. The number of hydrogen-bond donors (Lipinski definition) is 0. The van der Waals surface area contributed by atoms with Crippen LogP contribution in [0.2, 0.25) is 0 Å². The number of benzene rings is 5. The second kappa shape index (κ2) is 10.2. The number of fused-ring (bicyclic) bond motifs is 2. The minimum atomic E-state index is 0.983. The van der Waals surface area contributed by atoms with Crippen LogP contribution in [0, 0.1) is 6.92 Å². The van der Waals surface area contributed by atoms with Gasteiger partial charge in [0, 0.05) is 23.9 Å². The van der Waals surface area contributed by atoms with Gasteiger partial charge in [-0.2, -0.15) is 0 Å². The second-order valence-electron chi connectivity index (χ2n) is 9.26. The SMILES string of the molecule is Cc1cccc2c1nc(-c1ccccc1)n2-c1ccccc1.Cn1c(-c2ccccc2)nc2ccccc21. The lowest BCUT2D eigenvalue weighted by molar-refractivity contribution is 0.959. The first-order valence-electron chi connectivity index (χ1n) is 12.8. The lowest BCUT2D eigenvalue weighted by Crippen LogP contribution is -1.96. The molecule has 0 aliphatic heterocycles. The summed E-state index contributed by atoms with van der Waals surface area (Å²) in [6.45, 7) is 2.11. The Morgan fingerprint density at radius 2 is 1.05 bits per heavy atom. The average Bonchev–Trinajstić information content (AvgIpc) is 3.54. The number of aromatic nitrogens is 4. The molecule has 7 aromatic rings. The van der Waals surface area contributed by atoms with Crippen LogP contribution in [-0.4, -0.2) is 19.1 Å². The van der Waals surface area contributed by atoms with Crippen LogP contribution in [-0.2, 0) is 7.05 Å². The second-order valence-corrected chi connectivity index (χ2v) is 9.26. The highest BCUT2D eigenvalue weighted by Crippen LogP contribution is 2.30. The summed E-state index contributed by atoms with van der Waals surface area (Å²) in [5.41, 5.74) is 9.03. The van der Waals surface area contributed by atoms with Crippen molar-refractivity contribution in [1.29, 1.82) is 0 Å². The first kappa shape index (κ1) is 23.4. The van der Waals surface area contributed by atoms with Crippen LogP contribution in [0.1, 0.15) is 5.56 Å². The fourth-order valence-electron chi connectivity index (χ4n) is 4.85. The van der Waals surface area contributed by atoms with Crippen LogP contribution < -0.4 is 0 Å². The molecule has 0 aliphatic carbocycles. The van der Waals surface area contributed by atoms with E-state index in [2.05, 4.69) is 113 Å². The zero-order valence-electron chi connectivity index (χ0n) is 21.5. The molecule has 0 bridgehead atoms. The molecule has 0 atom stereocenters. The normalized spacial score (nSPS) is 10.9. The van der Waals surface area contributed by atoms with Gasteiger partial charge in [0.1, 0.15) is 11.6 Å². The van der Waals surface area contributed by atoms with Gasteiger partial charge >= 0.3 is 0 Å². The van der Waals surface area contributed by atoms with Crippen molar-refractivity contribution >= 4 is 22.1 Å². The summed E-state index contributed by atoms with van der Waals surface area (Å²) in [7, 11) is 2.05. The molecule has 4 heteroatoms. The predicted octanol–water partition coefficient (Wildman–Crippen LogP) is 8.24. The van der Waals surface area contributed by atoms with E-state index in [1.807, 2.05) is 48.5 Å². The van der Waals surface area contributed by atoms with Gasteiger partial charge in [0.2, 0.25) is 0 Å². The van der Waals surface area contributed by atoms with Crippen molar-refractivity contribution in [1.82, 2.24) is 19.1 Å². The predicted molar refractivity (Wildman–Crippen MR) is 157 cm³/mol. The summed E-state index contributed by atoms with van der Waals surface area (Å²) in [5.74, 6) is 2.00. The molecular formula is C34H28N4. The minimum absolute atomic E-state index is 0.983. The Bertz CT molecular complexity index is 1820. The van der Waals surface area contributed by atoms with Crippen LogP contribution in [0.3, 0.4) is 0 Å². The zero-order valence-corrected chi connectivity index (χ0v) is 21.5. The maximum atomic E-state index is 4.92. The third-order valence-electron chi connectivity index (χ3n) is 6.75. The van der Waals surface area contributed by atoms with Crippen LogP contribution in [0.5, 0.6) is 0 Å². The number of aryl methyl sites for hydroxylation is 2. The standard InChI is InChI=1S/C20H16N2.C14H12N2/c1-15-9-8-14-18-19(15)21-20(16-10-4-2-5-11-16)22(18)17-12-6-3-7-13-17;1-16-13-10-6-5-9-12(13)15-14(16)11-7-3-2-4-8-11/h2-14H,1H3;2-10H,1H3. The van der Waals surface area contributed by atoms with Crippen molar-refractivity contribution in [3.05, 3.63) is 139 Å². The highest BCUT2D eigenvalue weighted by atomic mass is 15.1. The molecule has 2 heterocycles. The first-order chi connectivity index (χ1) is 18.7. The van der Waals surface area contributed by atoms with E-state index < -0.39 is 0 Å². The third-order valence-corrected chi connectivity index (χ3v) is 6.75. The number of imidazole rings is 2. The summed E-state index contributed by atoms with van der Waals surface area (Å²) < 4.78 is 4.36. The molecule has 0 N–H and O–H groups in total. The molecule has 0 amide bonds. The van der Waals surface area contributed by atoms with E-state index in [-0.39, 0.29) is 0 Å². The molecule has 0 saturated heterocycles. The fraction of sp³-hybridized carbons (Fsp3) is 0.0588. The number of nitrogens with zero attached hydrogens (tertiary/aromatic N) is 4. The van der Waals surface area contributed by atoms with Crippen LogP contribution in [0.15, 0.2) is 133 Å². The Balaban J connectivity index is 0.000000146. The van der Waals surface area contributed by atoms with Gasteiger partial charge in [-0.15, -0.1) is 0 Å². The Morgan fingerprint density at radius 1 is 0.500 bits per heavy atom. The summed E-state index contributed by atoms with van der Waals surface area (Å²) in [4.78, 5) is 9.57. The molecule has 0 radical (unpaired) electrons. The zero-order chi connectivity index (χ0) is 25.9. The minimum Gasteiger partial charge on any atom is -0.327 e. The number of para-hydroxylation sites is 4. The van der Waals surface area contributed by atoms with Gasteiger partial charge in [0.25, 0.3) is 0 Å². The lowest BCUT2D eigenvalue weighted by atomic mass is 10.2. The van der Waals surface area contributed by atoms with Crippen LogP contribution >= 0.6 is 0 Å². The van der Waals surface area contributed by atoms with Gasteiger partial charge in [-0.25, -0.2) is 9.97 Å². The van der Waals surface area contributed by atoms with Crippen molar-refractivity contribution in [2.45, 2.75) is 6.92 Å². The van der Waals surface area contributed by atoms with Gasteiger partial charge in [-0.05, 0) is 42.8 Å². The summed E-state index contributed by atoms with van der Waals surface area (Å²) in [6, 6.07) is 45.5.